The van der Waals surface area contributed by atoms with E-state index < -0.39 is 11.8 Å². The van der Waals surface area contributed by atoms with Crippen molar-refractivity contribution < 1.29 is 14.3 Å². The number of hydrogen-bond acceptors (Lipinski definition) is 4. The van der Waals surface area contributed by atoms with Crippen molar-refractivity contribution in [1.29, 1.82) is 5.26 Å². The van der Waals surface area contributed by atoms with Crippen molar-refractivity contribution in [2.45, 2.75) is 10.8 Å². The predicted molar refractivity (Wildman–Crippen MR) is 71.9 cm³/mol. The molecule has 0 spiro atoms. The van der Waals surface area contributed by atoms with Gasteiger partial charge in [0.1, 0.15) is 10.8 Å². The van der Waals surface area contributed by atoms with E-state index in [1.165, 1.54) is 30.1 Å². The number of carbonyl (C=O) groups is 1. The maximum absolute atomic E-state index is 13.3. The van der Waals surface area contributed by atoms with Crippen LogP contribution in [0.4, 0.5) is 4.39 Å². The topological polar surface area (TPSA) is 74.0 Å². The molecule has 0 radical (unpaired) electrons. The fraction of sp³-hybridized carbons (Fsp3) is 0.0714. The van der Waals surface area contributed by atoms with Crippen LogP contribution in [0.2, 0.25) is 0 Å². The zero-order chi connectivity index (χ0) is 14.5. The summed E-state index contributed by atoms with van der Waals surface area (Å²) in [5, 5.41) is 18.2. The maximum atomic E-state index is 13.3. The number of carboxylic acids is 1. The molecule has 2 aromatic rings. The minimum Gasteiger partial charge on any atom is -0.478 e. The Labute approximate surface area is 118 Å². The Morgan fingerprint density at radius 1 is 1.45 bits per heavy atom. The van der Waals surface area contributed by atoms with Crippen LogP contribution in [-0.4, -0.2) is 16.1 Å². The first-order chi connectivity index (χ1) is 9.60. The van der Waals surface area contributed by atoms with Gasteiger partial charge in [-0.1, -0.05) is 0 Å². The van der Waals surface area contributed by atoms with Crippen molar-refractivity contribution in [2.24, 2.45) is 0 Å². The highest BCUT2D eigenvalue weighted by molar-refractivity contribution is 7.98. The van der Waals surface area contributed by atoms with Gasteiger partial charge in [-0.3, -0.25) is 0 Å². The molecule has 0 aliphatic rings. The van der Waals surface area contributed by atoms with Gasteiger partial charge in [0.05, 0.1) is 17.2 Å². The van der Waals surface area contributed by atoms with Crippen LogP contribution in [0, 0.1) is 17.1 Å². The Hall–Kier alpha value is -2.39. The summed E-state index contributed by atoms with van der Waals surface area (Å²) in [7, 11) is 0. The number of thioether (sulfide) groups is 1. The molecule has 0 bridgehead atoms. The number of carboxylic acid groups (broad SMARTS) is 1. The number of rotatable bonds is 4. The number of aromatic carboxylic acids is 1. The fourth-order valence-electron chi connectivity index (χ4n) is 1.62. The molecule has 0 fully saturated rings. The monoisotopic (exact) mass is 288 g/mol. The minimum absolute atomic E-state index is 0.106. The summed E-state index contributed by atoms with van der Waals surface area (Å²) in [6.07, 6.45) is 1.50. The summed E-state index contributed by atoms with van der Waals surface area (Å²) in [5.74, 6) is -1.21. The minimum atomic E-state index is -1.06. The molecule has 0 amide bonds. The SMILES string of the molecule is N#Cc1cc(F)cc(CSc2ncccc2C(=O)O)c1. The van der Waals surface area contributed by atoms with Gasteiger partial charge >= 0.3 is 5.97 Å². The van der Waals surface area contributed by atoms with Gasteiger partial charge in [-0.2, -0.15) is 5.26 Å². The number of halogens is 1. The molecule has 1 aromatic carbocycles. The summed E-state index contributed by atoms with van der Waals surface area (Å²) < 4.78 is 13.3. The Balaban J connectivity index is 2.19. The number of nitrogens with zero attached hydrogens (tertiary/aromatic N) is 2. The third kappa shape index (κ3) is 3.33. The summed E-state index contributed by atoms with van der Waals surface area (Å²) in [6, 6.07) is 8.92. The van der Waals surface area contributed by atoms with Gasteiger partial charge in [-0.15, -0.1) is 11.8 Å². The summed E-state index contributed by atoms with van der Waals surface area (Å²) in [4.78, 5) is 15.0. The number of benzene rings is 1. The number of pyridine rings is 1. The Bertz CT molecular complexity index is 698. The van der Waals surface area contributed by atoms with Crippen LogP contribution < -0.4 is 0 Å². The highest BCUT2D eigenvalue weighted by Gasteiger charge is 2.11. The maximum Gasteiger partial charge on any atom is 0.338 e. The average molecular weight is 288 g/mol. The van der Waals surface area contributed by atoms with Crippen molar-refractivity contribution in [1.82, 2.24) is 4.98 Å². The van der Waals surface area contributed by atoms with Crippen molar-refractivity contribution in [3.8, 4) is 6.07 Å². The smallest absolute Gasteiger partial charge is 0.338 e. The fourth-order valence-corrected chi connectivity index (χ4v) is 2.53. The second kappa shape index (κ2) is 6.17. The second-order valence-corrected chi connectivity index (χ2v) is 4.87. The zero-order valence-corrected chi connectivity index (χ0v) is 11.0. The van der Waals surface area contributed by atoms with E-state index in [4.69, 9.17) is 10.4 Å². The Kier molecular flexibility index (Phi) is 4.33. The molecule has 4 nitrogen and oxygen atoms in total. The molecule has 1 N–H and O–H groups in total. The third-order valence-electron chi connectivity index (χ3n) is 2.46. The van der Waals surface area contributed by atoms with Crippen molar-refractivity contribution in [2.75, 3.05) is 0 Å². The van der Waals surface area contributed by atoms with Gasteiger partial charge in [0.15, 0.2) is 0 Å². The molecule has 0 unspecified atom stereocenters. The van der Waals surface area contributed by atoms with Gasteiger partial charge in [0.2, 0.25) is 0 Å². The largest absolute Gasteiger partial charge is 0.478 e. The van der Waals surface area contributed by atoms with E-state index in [0.717, 1.165) is 6.07 Å². The average Bonchev–Trinajstić information content (AvgIpc) is 2.44. The van der Waals surface area contributed by atoms with E-state index in [-0.39, 0.29) is 11.1 Å². The lowest BCUT2D eigenvalue weighted by atomic mass is 10.1. The standard InChI is InChI=1S/C14H9FN2O2S/c15-11-5-9(7-16)4-10(6-11)8-20-13-12(14(18)19)2-1-3-17-13/h1-6H,8H2,(H,18,19). The van der Waals surface area contributed by atoms with Crippen LogP contribution in [0.1, 0.15) is 21.5 Å². The van der Waals surface area contributed by atoms with Gasteiger partial charge in [0, 0.05) is 11.9 Å². The van der Waals surface area contributed by atoms with Crippen molar-refractivity contribution in [3.05, 3.63) is 59.0 Å². The molecule has 1 heterocycles. The zero-order valence-electron chi connectivity index (χ0n) is 10.2. The normalized spacial score (nSPS) is 10.0. The molecule has 100 valence electrons. The molecular formula is C14H9FN2O2S. The number of aromatic nitrogens is 1. The summed E-state index contributed by atoms with van der Waals surface area (Å²) in [6.45, 7) is 0. The van der Waals surface area contributed by atoms with Gasteiger partial charge < -0.3 is 5.11 Å². The van der Waals surface area contributed by atoms with Crippen molar-refractivity contribution in [3.63, 3.8) is 0 Å². The van der Waals surface area contributed by atoms with Crippen LogP contribution in [0.15, 0.2) is 41.6 Å². The Morgan fingerprint density at radius 2 is 2.25 bits per heavy atom. The predicted octanol–water partition coefficient (Wildman–Crippen LogP) is 3.08. The number of nitriles is 1. The van der Waals surface area contributed by atoms with E-state index in [0.29, 0.717) is 16.3 Å². The molecule has 6 heteroatoms. The lowest BCUT2D eigenvalue weighted by molar-refractivity contribution is 0.0692. The van der Waals surface area contributed by atoms with E-state index in [9.17, 15) is 9.18 Å². The highest BCUT2D eigenvalue weighted by atomic mass is 32.2. The lowest BCUT2D eigenvalue weighted by Crippen LogP contribution is -2.00. The van der Waals surface area contributed by atoms with Crippen molar-refractivity contribution >= 4 is 17.7 Å². The van der Waals surface area contributed by atoms with E-state index >= 15 is 0 Å². The van der Waals surface area contributed by atoms with E-state index in [1.807, 2.05) is 6.07 Å². The lowest BCUT2D eigenvalue weighted by Gasteiger charge is -2.05. The summed E-state index contributed by atoms with van der Waals surface area (Å²) in [5.41, 5.74) is 0.947. The molecule has 2 rings (SSSR count). The molecular weight excluding hydrogens is 279 g/mol. The van der Waals surface area contributed by atoms with Gasteiger partial charge in [-0.25, -0.2) is 14.2 Å². The first-order valence-electron chi connectivity index (χ1n) is 5.61. The summed E-state index contributed by atoms with van der Waals surface area (Å²) >= 11 is 1.19. The molecule has 20 heavy (non-hydrogen) atoms. The van der Waals surface area contributed by atoms with Crippen LogP contribution >= 0.6 is 11.8 Å². The third-order valence-corrected chi connectivity index (χ3v) is 3.54. The quantitative estimate of drug-likeness (QED) is 0.875. The molecule has 0 atom stereocenters. The van der Waals surface area contributed by atoms with E-state index in [2.05, 4.69) is 4.98 Å². The molecule has 0 saturated heterocycles. The molecule has 1 aromatic heterocycles. The van der Waals surface area contributed by atoms with Crippen LogP contribution in [0.3, 0.4) is 0 Å². The number of hydrogen-bond donors (Lipinski definition) is 1. The van der Waals surface area contributed by atoms with Crippen LogP contribution in [-0.2, 0) is 5.75 Å². The van der Waals surface area contributed by atoms with Crippen LogP contribution in [0.5, 0.6) is 0 Å². The van der Waals surface area contributed by atoms with Gasteiger partial charge in [0.25, 0.3) is 0 Å². The van der Waals surface area contributed by atoms with E-state index in [1.54, 1.807) is 12.1 Å². The van der Waals surface area contributed by atoms with Crippen LogP contribution in [0.25, 0.3) is 0 Å². The highest BCUT2D eigenvalue weighted by Crippen LogP contribution is 2.25. The molecule has 0 aliphatic carbocycles. The second-order valence-electron chi connectivity index (χ2n) is 3.91. The molecule has 0 saturated carbocycles. The Morgan fingerprint density at radius 3 is 2.95 bits per heavy atom. The molecule has 0 aliphatic heterocycles. The van der Waals surface area contributed by atoms with Gasteiger partial charge in [-0.05, 0) is 35.9 Å². The first-order valence-corrected chi connectivity index (χ1v) is 6.59. The first kappa shape index (κ1) is 14.0.